The molecule has 0 aliphatic carbocycles. The van der Waals surface area contributed by atoms with Crippen molar-refractivity contribution in [2.24, 2.45) is 0 Å². The Morgan fingerprint density at radius 1 is 1.29 bits per heavy atom. The van der Waals surface area contributed by atoms with Gasteiger partial charge >= 0.3 is 0 Å². The number of rotatable bonds is 7. The van der Waals surface area contributed by atoms with Gasteiger partial charge < -0.3 is 10.1 Å². The molecule has 0 aliphatic heterocycles. The van der Waals surface area contributed by atoms with Crippen LogP contribution in [0.25, 0.3) is 11.4 Å². The predicted octanol–water partition coefficient (Wildman–Crippen LogP) is 3.43. The summed E-state index contributed by atoms with van der Waals surface area (Å²) in [4.78, 5) is 26.8. The van der Waals surface area contributed by atoms with Crippen LogP contribution < -0.4 is 10.1 Å². The largest absolute Gasteiger partial charge is 0.497 e. The van der Waals surface area contributed by atoms with Gasteiger partial charge in [0.25, 0.3) is 5.69 Å². The normalized spacial score (nSPS) is 10.5. The Hall–Kier alpha value is -3.40. The Bertz CT molecular complexity index is 1000. The van der Waals surface area contributed by atoms with Gasteiger partial charge in [0.15, 0.2) is 5.82 Å². The number of benzene rings is 2. The lowest BCUT2D eigenvalue weighted by molar-refractivity contribution is -0.384. The summed E-state index contributed by atoms with van der Waals surface area (Å²) in [5, 5.41) is 20.9. The van der Waals surface area contributed by atoms with Crippen LogP contribution in [0.3, 0.4) is 0 Å². The Kier molecular flexibility index (Phi) is 5.90. The fourth-order valence-electron chi connectivity index (χ4n) is 2.41. The molecule has 0 atom stereocenters. The second-order valence-electron chi connectivity index (χ2n) is 5.79. The molecule has 9 nitrogen and oxygen atoms in total. The number of carbonyl (C=O) groups excluding carboxylic acids is 1. The van der Waals surface area contributed by atoms with Crippen molar-refractivity contribution >= 4 is 29.0 Å². The number of aromatic amines is 1. The lowest BCUT2D eigenvalue weighted by atomic mass is 10.2. The zero-order valence-corrected chi connectivity index (χ0v) is 15.9. The van der Waals surface area contributed by atoms with E-state index in [1.54, 1.807) is 14.0 Å². The maximum atomic E-state index is 12.2. The van der Waals surface area contributed by atoms with Gasteiger partial charge in [-0.25, -0.2) is 4.98 Å². The number of H-pyrrole nitrogens is 1. The van der Waals surface area contributed by atoms with Crippen LogP contribution in [0.5, 0.6) is 5.75 Å². The molecule has 144 valence electrons. The van der Waals surface area contributed by atoms with Crippen LogP contribution >= 0.6 is 11.8 Å². The fourth-order valence-corrected chi connectivity index (χ4v) is 3.01. The number of hydrogen-bond acceptors (Lipinski definition) is 7. The number of nitro benzene ring substituents is 1. The third-order valence-corrected chi connectivity index (χ3v) is 4.70. The molecule has 0 unspecified atom stereocenters. The number of thioether (sulfide) groups is 1. The van der Waals surface area contributed by atoms with E-state index in [-0.39, 0.29) is 17.3 Å². The number of aromatic nitrogens is 3. The molecule has 2 aromatic carbocycles. The van der Waals surface area contributed by atoms with Crippen molar-refractivity contribution in [3.63, 3.8) is 0 Å². The SMILES string of the molecule is COc1ccc(-c2nc(SCC(=O)Nc3ccc([N+](=O)[O-])cc3C)n[nH]2)cc1. The Morgan fingerprint density at radius 3 is 2.68 bits per heavy atom. The van der Waals surface area contributed by atoms with E-state index in [0.29, 0.717) is 22.2 Å². The number of non-ortho nitro benzene ring substituents is 1. The predicted molar refractivity (Wildman–Crippen MR) is 106 cm³/mol. The second kappa shape index (κ2) is 8.53. The molecule has 3 aromatic rings. The number of aryl methyl sites for hydroxylation is 1. The molecule has 1 aromatic heterocycles. The molecule has 0 bridgehead atoms. The van der Waals surface area contributed by atoms with Crippen LogP contribution in [0.2, 0.25) is 0 Å². The molecule has 28 heavy (non-hydrogen) atoms. The molecular formula is C18H17N5O4S. The van der Waals surface area contributed by atoms with Gasteiger partial charge in [0.2, 0.25) is 11.1 Å². The Labute approximate surface area is 164 Å². The van der Waals surface area contributed by atoms with Crippen LogP contribution in [-0.2, 0) is 4.79 Å². The number of nitrogens with one attached hydrogen (secondary N) is 2. The molecule has 0 saturated carbocycles. The average Bonchev–Trinajstić information content (AvgIpc) is 3.17. The number of methoxy groups -OCH3 is 1. The Balaban J connectivity index is 1.58. The highest BCUT2D eigenvalue weighted by Gasteiger charge is 2.12. The van der Waals surface area contributed by atoms with E-state index in [1.807, 2.05) is 24.3 Å². The van der Waals surface area contributed by atoms with Gasteiger partial charge in [-0.1, -0.05) is 11.8 Å². The molecule has 3 rings (SSSR count). The van der Waals surface area contributed by atoms with Crippen LogP contribution in [0.1, 0.15) is 5.56 Å². The molecule has 10 heteroatoms. The molecule has 2 N–H and O–H groups in total. The van der Waals surface area contributed by atoms with E-state index in [0.717, 1.165) is 11.3 Å². The molecule has 0 saturated heterocycles. The molecular weight excluding hydrogens is 382 g/mol. The second-order valence-corrected chi connectivity index (χ2v) is 6.73. The van der Waals surface area contributed by atoms with Gasteiger partial charge in [0.1, 0.15) is 5.75 Å². The minimum absolute atomic E-state index is 0.0170. The zero-order valence-electron chi connectivity index (χ0n) is 15.1. The van der Waals surface area contributed by atoms with E-state index in [4.69, 9.17) is 4.74 Å². The maximum Gasteiger partial charge on any atom is 0.269 e. The Morgan fingerprint density at radius 2 is 2.04 bits per heavy atom. The summed E-state index contributed by atoms with van der Waals surface area (Å²) < 4.78 is 5.12. The van der Waals surface area contributed by atoms with Gasteiger partial charge in [-0.3, -0.25) is 20.0 Å². The van der Waals surface area contributed by atoms with Gasteiger partial charge in [-0.2, -0.15) is 0 Å². The summed E-state index contributed by atoms with van der Waals surface area (Å²) in [6, 6.07) is 11.7. The minimum Gasteiger partial charge on any atom is -0.497 e. The van der Waals surface area contributed by atoms with Crippen LogP contribution in [-0.4, -0.2) is 38.9 Å². The van der Waals surface area contributed by atoms with Gasteiger partial charge in [0.05, 0.1) is 17.8 Å². The van der Waals surface area contributed by atoms with Gasteiger partial charge in [-0.15, -0.1) is 5.10 Å². The van der Waals surface area contributed by atoms with Crippen molar-refractivity contribution in [1.29, 1.82) is 0 Å². The molecule has 0 fully saturated rings. The summed E-state index contributed by atoms with van der Waals surface area (Å²) in [6.07, 6.45) is 0. The van der Waals surface area contributed by atoms with Crippen molar-refractivity contribution in [2.75, 3.05) is 18.2 Å². The molecule has 0 aliphatic rings. The minimum atomic E-state index is -0.474. The number of nitrogens with zero attached hydrogens (tertiary/aromatic N) is 3. The third-order valence-electron chi connectivity index (χ3n) is 3.86. The number of ether oxygens (including phenoxy) is 1. The van der Waals surface area contributed by atoms with Crippen LogP contribution in [0, 0.1) is 17.0 Å². The summed E-state index contributed by atoms with van der Waals surface area (Å²) in [5.41, 5.74) is 1.99. The molecule has 1 amide bonds. The number of carbonyl (C=O) groups is 1. The monoisotopic (exact) mass is 399 g/mol. The van der Waals surface area contributed by atoms with Gasteiger partial charge in [-0.05, 0) is 42.8 Å². The highest BCUT2D eigenvalue weighted by molar-refractivity contribution is 7.99. The van der Waals surface area contributed by atoms with E-state index in [2.05, 4.69) is 20.5 Å². The smallest absolute Gasteiger partial charge is 0.269 e. The molecule has 1 heterocycles. The van der Waals surface area contributed by atoms with Gasteiger partial charge in [0, 0.05) is 23.4 Å². The van der Waals surface area contributed by atoms with E-state index in [1.165, 1.54) is 30.0 Å². The summed E-state index contributed by atoms with van der Waals surface area (Å²) >= 11 is 1.19. The van der Waals surface area contributed by atoms with Crippen molar-refractivity contribution < 1.29 is 14.5 Å². The number of amides is 1. The van der Waals surface area contributed by atoms with Crippen LogP contribution in [0.15, 0.2) is 47.6 Å². The number of anilines is 1. The quantitative estimate of drug-likeness (QED) is 0.354. The highest BCUT2D eigenvalue weighted by atomic mass is 32.2. The molecule has 0 spiro atoms. The fraction of sp³-hybridized carbons (Fsp3) is 0.167. The topological polar surface area (TPSA) is 123 Å². The van der Waals surface area contributed by atoms with Crippen LogP contribution in [0.4, 0.5) is 11.4 Å². The first-order chi connectivity index (χ1) is 13.5. The van der Waals surface area contributed by atoms with E-state index >= 15 is 0 Å². The lowest BCUT2D eigenvalue weighted by Gasteiger charge is -2.07. The lowest BCUT2D eigenvalue weighted by Crippen LogP contribution is -2.15. The van der Waals surface area contributed by atoms with Crippen molar-refractivity contribution in [2.45, 2.75) is 12.1 Å². The third kappa shape index (κ3) is 4.65. The van der Waals surface area contributed by atoms with Crippen molar-refractivity contribution in [3.05, 3.63) is 58.1 Å². The number of nitro groups is 1. The summed E-state index contributed by atoms with van der Waals surface area (Å²) in [5.74, 6) is 1.20. The number of hydrogen-bond donors (Lipinski definition) is 2. The maximum absolute atomic E-state index is 12.2. The van der Waals surface area contributed by atoms with E-state index in [9.17, 15) is 14.9 Å². The van der Waals surface area contributed by atoms with E-state index < -0.39 is 4.92 Å². The average molecular weight is 399 g/mol. The first-order valence-corrected chi connectivity index (χ1v) is 9.19. The summed E-state index contributed by atoms with van der Waals surface area (Å²) in [7, 11) is 1.60. The standard InChI is InChI=1S/C18H17N5O4S/c1-11-9-13(23(25)26)5-8-15(11)19-16(24)10-28-18-20-17(21-22-18)12-3-6-14(27-2)7-4-12/h3-9H,10H2,1-2H3,(H,19,24)(H,20,21,22). The first-order valence-electron chi connectivity index (χ1n) is 8.21. The zero-order chi connectivity index (χ0) is 20.1. The molecule has 0 radical (unpaired) electrons. The summed E-state index contributed by atoms with van der Waals surface area (Å²) in [6.45, 7) is 1.70. The van der Waals surface area contributed by atoms with Crippen molar-refractivity contribution in [3.8, 4) is 17.1 Å². The highest BCUT2D eigenvalue weighted by Crippen LogP contribution is 2.23. The first kappa shape index (κ1) is 19.4. The van der Waals surface area contributed by atoms with Crippen molar-refractivity contribution in [1.82, 2.24) is 15.2 Å².